The Kier molecular flexibility index (Phi) is 6.79. The fraction of sp³-hybridized carbons (Fsp3) is 0.444. The summed E-state index contributed by atoms with van der Waals surface area (Å²) in [7, 11) is -2.72. The van der Waals surface area contributed by atoms with E-state index < -0.39 is 21.2 Å². The second kappa shape index (κ2) is 9.24. The maximum atomic E-state index is 13.0. The average Bonchev–Trinajstić information content (AvgIpc) is 3.02. The van der Waals surface area contributed by atoms with E-state index >= 15 is 0 Å². The fourth-order valence-corrected chi connectivity index (χ4v) is 3.89. The number of benzene rings is 1. The highest BCUT2D eigenvalue weighted by Crippen LogP contribution is 2.39. The van der Waals surface area contributed by atoms with Crippen molar-refractivity contribution in [2.75, 3.05) is 42.2 Å². The Hall–Kier alpha value is -3.38. The molecule has 0 fully saturated rings. The molecule has 1 aromatic heterocycles. The monoisotopic (exact) mass is 486 g/mol. The van der Waals surface area contributed by atoms with Gasteiger partial charge >= 0.3 is 15.5 Å². The van der Waals surface area contributed by atoms with E-state index in [0.717, 1.165) is 12.0 Å². The lowest BCUT2D eigenvalue weighted by molar-refractivity contribution is -0.0429. The molecule has 0 saturated heterocycles. The van der Waals surface area contributed by atoms with Gasteiger partial charge in [0.1, 0.15) is 11.8 Å². The highest BCUT2D eigenvalue weighted by Gasteiger charge is 2.46. The number of nitrogens with one attached hydrogen (secondary N) is 1. The Labute approximate surface area is 187 Å². The first kappa shape index (κ1) is 24.3. The summed E-state index contributed by atoms with van der Waals surface area (Å²) in [6, 6.07) is 4.62. The molecule has 0 unspecified atom stereocenters. The van der Waals surface area contributed by atoms with Crippen LogP contribution in [0, 0.1) is 11.3 Å². The van der Waals surface area contributed by atoms with Gasteiger partial charge in [-0.1, -0.05) is 0 Å². The lowest BCUT2D eigenvalue weighted by atomic mass is 10.00. The Morgan fingerprint density at radius 3 is 2.70 bits per heavy atom. The van der Waals surface area contributed by atoms with Gasteiger partial charge in [-0.2, -0.15) is 31.8 Å². The lowest BCUT2D eigenvalue weighted by Crippen LogP contribution is -2.33. The summed E-state index contributed by atoms with van der Waals surface area (Å²) in [5, 5.41) is 16.9. The van der Waals surface area contributed by atoms with Crippen LogP contribution >= 0.6 is 0 Å². The van der Waals surface area contributed by atoms with Crippen molar-refractivity contribution in [3.8, 4) is 6.07 Å². The van der Waals surface area contributed by atoms with Crippen molar-refractivity contribution in [2.45, 2.75) is 18.3 Å². The minimum absolute atomic E-state index is 0.0289. The van der Waals surface area contributed by atoms with Gasteiger partial charge in [-0.05, 0) is 30.5 Å². The van der Waals surface area contributed by atoms with Gasteiger partial charge in [-0.15, -0.1) is 10.2 Å². The first-order valence-electron chi connectivity index (χ1n) is 9.62. The molecule has 0 spiro atoms. The highest BCUT2D eigenvalue weighted by molar-refractivity contribution is 7.93. The van der Waals surface area contributed by atoms with Gasteiger partial charge in [-0.3, -0.25) is 4.72 Å². The maximum absolute atomic E-state index is 13.0. The molecule has 0 bridgehead atoms. The number of nitrogens with two attached hydrogens (primary N) is 1. The fourth-order valence-electron chi connectivity index (χ4n) is 3.32. The minimum Gasteiger partial charge on any atom is -0.383 e. The number of imidazole rings is 1. The van der Waals surface area contributed by atoms with Crippen molar-refractivity contribution >= 4 is 38.9 Å². The van der Waals surface area contributed by atoms with E-state index in [1.807, 2.05) is 11.0 Å². The molecule has 3 N–H and O–H groups in total. The van der Waals surface area contributed by atoms with Crippen molar-refractivity contribution in [3.05, 3.63) is 23.4 Å². The van der Waals surface area contributed by atoms with Gasteiger partial charge in [0, 0.05) is 32.9 Å². The third-order valence-electron chi connectivity index (χ3n) is 4.98. The average molecular weight is 486 g/mol. The molecule has 0 radical (unpaired) electrons. The van der Waals surface area contributed by atoms with Crippen molar-refractivity contribution in [1.29, 1.82) is 5.26 Å². The molecule has 0 amide bonds. The number of nitriles is 1. The summed E-state index contributed by atoms with van der Waals surface area (Å²) in [4.78, 5) is 5.79. The van der Waals surface area contributed by atoms with E-state index in [2.05, 4.69) is 15.2 Å². The molecule has 15 heteroatoms. The molecular weight excluding hydrogens is 465 g/mol. The number of anilines is 3. The zero-order valence-corrected chi connectivity index (χ0v) is 18.5. The lowest BCUT2D eigenvalue weighted by Gasteiger charge is -2.32. The molecule has 178 valence electrons. The molecule has 11 nitrogen and oxygen atoms in total. The summed E-state index contributed by atoms with van der Waals surface area (Å²) in [5.74, 6) is -0.167. The normalized spacial score (nSPS) is 14.4. The van der Waals surface area contributed by atoms with Crippen LogP contribution in [-0.2, 0) is 28.2 Å². The number of aryl methyl sites for hydroxylation is 1. The van der Waals surface area contributed by atoms with E-state index in [1.165, 1.54) is 30.9 Å². The molecule has 0 aliphatic carbocycles. The number of aromatic nitrogens is 2. The van der Waals surface area contributed by atoms with Crippen LogP contribution in [-0.4, -0.2) is 50.3 Å². The van der Waals surface area contributed by atoms with Crippen molar-refractivity contribution in [3.63, 3.8) is 0 Å². The topological polar surface area (TPSA) is 151 Å². The number of azo groups is 1. The SMILES string of the molecule is COCCN1CCCc2cc(N=Nc3nc(N)c(C#N)n3C)c(NS(=O)(=O)C(F)(F)F)cc21. The van der Waals surface area contributed by atoms with Crippen LogP contribution in [0.4, 0.5) is 42.0 Å². The minimum atomic E-state index is -5.71. The number of fused-ring (bicyclic) bond motifs is 1. The van der Waals surface area contributed by atoms with Crippen LogP contribution in [0.3, 0.4) is 0 Å². The second-order valence-electron chi connectivity index (χ2n) is 7.15. The number of hydrogen-bond acceptors (Lipinski definition) is 9. The van der Waals surface area contributed by atoms with E-state index in [9.17, 15) is 21.6 Å². The van der Waals surface area contributed by atoms with E-state index in [1.54, 1.807) is 4.72 Å². The van der Waals surface area contributed by atoms with Crippen molar-refractivity contribution in [2.24, 2.45) is 17.3 Å². The quantitative estimate of drug-likeness (QED) is 0.571. The van der Waals surface area contributed by atoms with Gasteiger partial charge in [0.2, 0.25) is 0 Å². The number of alkyl halides is 3. The number of hydrogen-bond donors (Lipinski definition) is 2. The van der Waals surface area contributed by atoms with Crippen LogP contribution in [0.5, 0.6) is 0 Å². The zero-order chi connectivity index (χ0) is 24.4. The molecule has 2 heterocycles. The number of methoxy groups -OCH3 is 1. The van der Waals surface area contributed by atoms with Gasteiger partial charge < -0.3 is 19.9 Å². The molecule has 0 atom stereocenters. The second-order valence-corrected chi connectivity index (χ2v) is 8.82. The van der Waals surface area contributed by atoms with Gasteiger partial charge in [0.25, 0.3) is 5.95 Å². The number of sulfonamides is 1. The number of rotatable bonds is 7. The Morgan fingerprint density at radius 2 is 2.09 bits per heavy atom. The van der Waals surface area contributed by atoms with Gasteiger partial charge in [-0.25, -0.2) is 0 Å². The van der Waals surface area contributed by atoms with E-state index in [-0.39, 0.29) is 23.1 Å². The van der Waals surface area contributed by atoms with Crippen molar-refractivity contribution < 1.29 is 26.3 Å². The largest absolute Gasteiger partial charge is 0.516 e. The summed E-state index contributed by atoms with van der Waals surface area (Å²) in [5.41, 5.74) is 0.937. The molecule has 3 rings (SSSR count). The smallest absolute Gasteiger partial charge is 0.383 e. The maximum Gasteiger partial charge on any atom is 0.516 e. The standard InChI is InChI=1S/C18H21F3N8O3S/c1-28-15(10-22)16(23)24-17(28)26-25-12-8-11-4-3-5-29(6-7-32-2)14(11)9-13(12)27-33(30,31)18(19,20)21/h8-9,27H,3-7,23H2,1-2H3. The van der Waals surface area contributed by atoms with Gasteiger partial charge in [0.05, 0.1) is 12.3 Å². The molecule has 33 heavy (non-hydrogen) atoms. The third kappa shape index (κ3) is 5.01. The third-order valence-corrected chi connectivity index (χ3v) is 6.08. The Balaban J connectivity index is 2.09. The Morgan fingerprint density at radius 1 is 1.36 bits per heavy atom. The van der Waals surface area contributed by atoms with Crippen LogP contribution in [0.25, 0.3) is 0 Å². The molecule has 1 aliphatic heterocycles. The van der Waals surface area contributed by atoms with Crippen LogP contribution in [0.1, 0.15) is 17.7 Å². The van der Waals surface area contributed by atoms with Crippen LogP contribution < -0.4 is 15.4 Å². The summed E-state index contributed by atoms with van der Waals surface area (Å²) < 4.78 is 70.6. The summed E-state index contributed by atoms with van der Waals surface area (Å²) >= 11 is 0. The number of nitrogens with zero attached hydrogens (tertiary/aromatic N) is 6. The Bertz CT molecular complexity index is 1220. The molecule has 1 aliphatic rings. The number of halogens is 3. The predicted octanol–water partition coefficient (Wildman–Crippen LogP) is 2.95. The van der Waals surface area contributed by atoms with Crippen LogP contribution in [0.2, 0.25) is 0 Å². The summed E-state index contributed by atoms with van der Waals surface area (Å²) in [6.07, 6.45) is 1.39. The molecule has 2 aromatic rings. The number of nitrogen functional groups attached to an aromatic ring is 1. The zero-order valence-electron chi connectivity index (χ0n) is 17.7. The highest BCUT2D eigenvalue weighted by atomic mass is 32.2. The molecule has 0 saturated carbocycles. The summed E-state index contributed by atoms with van der Waals surface area (Å²) in [6.45, 7) is 1.48. The molecule has 1 aromatic carbocycles. The number of ether oxygens (including phenoxy) is 1. The first-order valence-corrected chi connectivity index (χ1v) is 11.1. The molecular formula is C18H21F3N8O3S. The first-order chi connectivity index (χ1) is 15.5. The predicted molar refractivity (Wildman–Crippen MR) is 114 cm³/mol. The van der Waals surface area contributed by atoms with Gasteiger partial charge in [0.15, 0.2) is 11.5 Å². The van der Waals surface area contributed by atoms with E-state index in [4.69, 9.17) is 15.7 Å². The van der Waals surface area contributed by atoms with Crippen LogP contribution in [0.15, 0.2) is 22.4 Å². The van der Waals surface area contributed by atoms with Crippen molar-refractivity contribution in [1.82, 2.24) is 9.55 Å². The van der Waals surface area contributed by atoms with E-state index in [0.29, 0.717) is 31.8 Å².